The topological polar surface area (TPSA) is 94.5 Å². The maximum Gasteiger partial charge on any atom is 0.416 e. The second-order valence-electron chi connectivity index (χ2n) is 6.43. The van der Waals surface area contributed by atoms with Crippen LogP contribution in [0.15, 0.2) is 53.1 Å². The van der Waals surface area contributed by atoms with Crippen LogP contribution in [-0.4, -0.2) is 29.7 Å². The monoisotopic (exact) mass is 420 g/mol. The van der Waals surface area contributed by atoms with Crippen LogP contribution in [0.25, 0.3) is 11.4 Å². The number of ether oxygens (including phenoxy) is 1. The summed E-state index contributed by atoms with van der Waals surface area (Å²) < 4.78 is 49.2. The molecule has 0 fully saturated rings. The zero-order valence-corrected chi connectivity index (χ0v) is 16.0. The molecule has 0 radical (unpaired) electrons. The number of carbonyl (C=O) groups excluding carboxylic acids is 1. The van der Waals surface area contributed by atoms with Crippen LogP contribution in [0.1, 0.15) is 17.9 Å². The van der Waals surface area contributed by atoms with E-state index in [0.717, 1.165) is 17.8 Å². The third kappa shape index (κ3) is 5.28. The van der Waals surface area contributed by atoms with E-state index in [1.807, 2.05) is 0 Å². The summed E-state index contributed by atoms with van der Waals surface area (Å²) in [5.74, 6) is 0.422. The van der Waals surface area contributed by atoms with Crippen LogP contribution in [-0.2, 0) is 17.5 Å². The smallest absolute Gasteiger partial charge is 0.416 e. The summed E-state index contributed by atoms with van der Waals surface area (Å²) in [4.78, 5) is 17.2. The fourth-order valence-electron chi connectivity index (χ4n) is 2.77. The molecule has 1 heterocycles. The molecule has 158 valence electrons. The first-order chi connectivity index (χ1) is 14.3. The maximum absolute atomic E-state index is 12.9. The zero-order valence-electron chi connectivity index (χ0n) is 16.0. The number of carbonyl (C=O) groups is 1. The number of rotatable bonds is 8. The van der Waals surface area contributed by atoms with Crippen LogP contribution in [0.4, 0.5) is 18.9 Å². The average molecular weight is 420 g/mol. The van der Waals surface area contributed by atoms with Gasteiger partial charge < -0.3 is 19.9 Å². The molecule has 10 heteroatoms. The molecule has 0 aliphatic carbocycles. The largest absolute Gasteiger partial charge is 0.497 e. The van der Waals surface area contributed by atoms with Crippen molar-refractivity contribution in [1.29, 1.82) is 0 Å². The Morgan fingerprint density at radius 3 is 2.57 bits per heavy atom. The Kier molecular flexibility index (Phi) is 6.24. The summed E-state index contributed by atoms with van der Waals surface area (Å²) in [6.45, 7) is 0.439. The van der Waals surface area contributed by atoms with E-state index in [2.05, 4.69) is 10.1 Å². The van der Waals surface area contributed by atoms with Gasteiger partial charge in [0.15, 0.2) is 0 Å². The average Bonchev–Trinajstić information content (AvgIpc) is 3.19. The predicted octanol–water partition coefficient (Wildman–Crippen LogP) is 3.65. The Balaban J connectivity index is 1.82. The van der Waals surface area contributed by atoms with Crippen LogP contribution in [0, 0.1) is 0 Å². The van der Waals surface area contributed by atoms with Crippen molar-refractivity contribution >= 4 is 11.6 Å². The molecule has 0 atom stereocenters. The molecule has 0 saturated carbocycles. The number of primary amides is 1. The first-order valence-electron chi connectivity index (χ1n) is 8.94. The number of methoxy groups -OCH3 is 1. The molecule has 30 heavy (non-hydrogen) atoms. The number of hydrogen-bond acceptors (Lipinski definition) is 6. The molecule has 0 aliphatic rings. The molecule has 7 nitrogen and oxygen atoms in total. The molecule has 0 bridgehead atoms. The van der Waals surface area contributed by atoms with Gasteiger partial charge in [0.1, 0.15) is 5.75 Å². The number of alkyl halides is 3. The van der Waals surface area contributed by atoms with Gasteiger partial charge in [-0.2, -0.15) is 18.2 Å². The summed E-state index contributed by atoms with van der Waals surface area (Å²) >= 11 is 0. The molecule has 3 rings (SSSR count). The van der Waals surface area contributed by atoms with Gasteiger partial charge in [0, 0.05) is 24.2 Å². The minimum Gasteiger partial charge on any atom is -0.497 e. The van der Waals surface area contributed by atoms with Crippen molar-refractivity contribution in [1.82, 2.24) is 10.1 Å². The van der Waals surface area contributed by atoms with Gasteiger partial charge in [-0.05, 0) is 36.4 Å². The molecular formula is C20H19F3N4O3. The standard InChI is InChI=1S/C20H19F3N4O3/c1-29-16-7-5-15(6-8-16)27(10-9-17(24)28)12-18-25-19(26-30-18)13-3-2-4-14(11-13)20(21,22)23/h2-8,11H,9-10,12H2,1H3,(H2,24,28). The van der Waals surface area contributed by atoms with E-state index in [4.69, 9.17) is 15.0 Å². The third-order valence-corrected chi connectivity index (χ3v) is 4.31. The Morgan fingerprint density at radius 2 is 1.93 bits per heavy atom. The zero-order chi connectivity index (χ0) is 21.7. The lowest BCUT2D eigenvalue weighted by molar-refractivity contribution is -0.137. The van der Waals surface area contributed by atoms with Gasteiger partial charge >= 0.3 is 6.18 Å². The van der Waals surface area contributed by atoms with E-state index < -0.39 is 17.6 Å². The van der Waals surface area contributed by atoms with E-state index >= 15 is 0 Å². The van der Waals surface area contributed by atoms with E-state index in [1.165, 1.54) is 12.1 Å². The van der Waals surface area contributed by atoms with E-state index in [0.29, 0.717) is 12.3 Å². The van der Waals surface area contributed by atoms with Crippen LogP contribution in [0.2, 0.25) is 0 Å². The lowest BCUT2D eigenvalue weighted by Crippen LogP contribution is -2.27. The fourth-order valence-corrected chi connectivity index (χ4v) is 2.77. The van der Waals surface area contributed by atoms with Crippen molar-refractivity contribution < 1.29 is 27.2 Å². The minimum absolute atomic E-state index is 0.0423. The molecule has 2 N–H and O–H groups in total. The highest BCUT2D eigenvalue weighted by molar-refractivity contribution is 5.74. The van der Waals surface area contributed by atoms with Gasteiger partial charge in [-0.15, -0.1) is 0 Å². The Hall–Kier alpha value is -3.56. The SMILES string of the molecule is COc1ccc(N(CCC(N)=O)Cc2nc(-c3cccc(C(F)(F)F)c3)no2)cc1. The molecule has 2 aromatic carbocycles. The van der Waals surface area contributed by atoms with Crippen molar-refractivity contribution in [3.63, 3.8) is 0 Å². The van der Waals surface area contributed by atoms with Gasteiger partial charge in [-0.25, -0.2) is 0 Å². The highest BCUT2D eigenvalue weighted by atomic mass is 19.4. The lowest BCUT2D eigenvalue weighted by atomic mass is 10.1. The molecule has 0 unspecified atom stereocenters. The fraction of sp³-hybridized carbons (Fsp3) is 0.250. The van der Waals surface area contributed by atoms with Crippen LogP contribution in [0.5, 0.6) is 5.75 Å². The van der Waals surface area contributed by atoms with Crippen molar-refractivity contribution in [3.05, 3.63) is 60.0 Å². The lowest BCUT2D eigenvalue weighted by Gasteiger charge is -2.22. The molecule has 0 saturated heterocycles. The first-order valence-corrected chi connectivity index (χ1v) is 8.94. The number of halogens is 3. The molecule has 1 aromatic heterocycles. The van der Waals surface area contributed by atoms with E-state index in [1.54, 1.807) is 36.3 Å². The third-order valence-electron chi connectivity index (χ3n) is 4.31. The van der Waals surface area contributed by atoms with Crippen LogP contribution >= 0.6 is 0 Å². The predicted molar refractivity (Wildman–Crippen MR) is 103 cm³/mol. The number of hydrogen-bond donors (Lipinski definition) is 1. The highest BCUT2D eigenvalue weighted by Crippen LogP contribution is 2.31. The summed E-state index contributed by atoms with van der Waals surface area (Å²) in [5, 5.41) is 3.79. The molecular weight excluding hydrogens is 401 g/mol. The molecule has 0 spiro atoms. The van der Waals surface area contributed by atoms with Gasteiger partial charge in [-0.3, -0.25) is 4.79 Å². The molecule has 0 aliphatic heterocycles. The van der Waals surface area contributed by atoms with Crippen molar-refractivity contribution in [2.75, 3.05) is 18.6 Å². The quantitative estimate of drug-likeness (QED) is 0.598. The summed E-state index contributed by atoms with van der Waals surface area (Å²) in [7, 11) is 1.55. The summed E-state index contributed by atoms with van der Waals surface area (Å²) in [5.41, 5.74) is 5.41. The van der Waals surface area contributed by atoms with Crippen LogP contribution in [0.3, 0.4) is 0 Å². The second kappa shape index (κ2) is 8.85. The number of benzene rings is 2. The normalized spacial score (nSPS) is 11.3. The maximum atomic E-state index is 12.9. The number of aromatic nitrogens is 2. The van der Waals surface area contributed by atoms with Crippen molar-refractivity contribution in [2.45, 2.75) is 19.1 Å². The van der Waals surface area contributed by atoms with Gasteiger partial charge in [0.2, 0.25) is 17.6 Å². The Labute approximate surface area is 170 Å². The van der Waals surface area contributed by atoms with Gasteiger partial charge in [0.25, 0.3) is 0 Å². The number of nitrogens with two attached hydrogens (primary N) is 1. The number of amides is 1. The number of anilines is 1. The van der Waals surface area contributed by atoms with Crippen LogP contribution < -0.4 is 15.4 Å². The minimum atomic E-state index is -4.47. The van der Waals surface area contributed by atoms with E-state index in [-0.39, 0.29) is 30.2 Å². The van der Waals surface area contributed by atoms with Crippen molar-refractivity contribution in [2.24, 2.45) is 5.73 Å². The Bertz CT molecular complexity index is 1000. The Morgan fingerprint density at radius 1 is 1.20 bits per heavy atom. The first kappa shape index (κ1) is 21.2. The summed E-state index contributed by atoms with van der Waals surface area (Å²) in [6, 6.07) is 11.8. The molecule has 1 amide bonds. The number of nitrogens with zero attached hydrogens (tertiary/aromatic N) is 3. The highest BCUT2D eigenvalue weighted by Gasteiger charge is 2.30. The second-order valence-corrected chi connectivity index (χ2v) is 6.43. The van der Waals surface area contributed by atoms with Crippen molar-refractivity contribution in [3.8, 4) is 17.1 Å². The summed E-state index contributed by atoms with van der Waals surface area (Å²) in [6.07, 6.45) is -4.37. The van der Waals surface area contributed by atoms with E-state index in [9.17, 15) is 18.0 Å². The van der Waals surface area contributed by atoms with Gasteiger partial charge in [0.05, 0.1) is 19.2 Å². The van der Waals surface area contributed by atoms with Gasteiger partial charge in [-0.1, -0.05) is 17.3 Å². The molecule has 3 aromatic rings.